The first-order valence-electron chi connectivity index (χ1n) is 6.51. The van der Waals surface area contributed by atoms with E-state index < -0.39 is 5.54 Å². The minimum absolute atomic E-state index is 0.385. The van der Waals surface area contributed by atoms with Gasteiger partial charge in [-0.25, -0.2) is 0 Å². The van der Waals surface area contributed by atoms with E-state index in [-0.39, 0.29) is 5.91 Å². The number of rotatable bonds is 6. The fraction of sp³-hybridized carbons (Fsp3) is 0.333. The summed E-state index contributed by atoms with van der Waals surface area (Å²) in [7, 11) is 1.71. The molecule has 0 bridgehead atoms. The molecule has 1 amide bonds. The summed E-state index contributed by atoms with van der Waals surface area (Å²) in [5, 5.41) is 3.99. The summed E-state index contributed by atoms with van der Waals surface area (Å²) >= 11 is 0. The second-order valence-corrected chi connectivity index (χ2v) is 4.90. The van der Waals surface area contributed by atoms with Gasteiger partial charge in [0.25, 0.3) is 0 Å². The second-order valence-electron chi connectivity index (χ2n) is 4.90. The summed E-state index contributed by atoms with van der Waals surface area (Å²) in [5.74, 6) is 0.350. The zero-order valence-corrected chi connectivity index (χ0v) is 11.7. The van der Waals surface area contributed by atoms with E-state index in [0.717, 1.165) is 16.7 Å². The number of nitrogens with two attached hydrogens (primary N) is 1. The zero-order chi connectivity index (χ0) is 14.6. The van der Waals surface area contributed by atoms with Crippen molar-refractivity contribution in [3.05, 3.63) is 36.5 Å². The zero-order valence-electron chi connectivity index (χ0n) is 11.7. The van der Waals surface area contributed by atoms with Gasteiger partial charge in [0.1, 0.15) is 5.75 Å². The number of amides is 1. The average Bonchev–Trinajstić information content (AvgIpc) is 2.46. The average molecular weight is 273 g/mol. The fourth-order valence-corrected chi connectivity index (χ4v) is 1.88. The number of likely N-dealkylation sites (N-methyl/N-ethyl adjacent to an activating group) is 1. The maximum atomic E-state index is 11.4. The SMILES string of the molecule is CNC(C)(CCOc1ccc2cccnc2c1)C(N)=O. The molecule has 20 heavy (non-hydrogen) atoms. The Balaban J connectivity index is 2.01. The summed E-state index contributed by atoms with van der Waals surface area (Å²) in [6.45, 7) is 2.17. The molecule has 2 rings (SSSR count). The van der Waals surface area contributed by atoms with Gasteiger partial charge in [-0.1, -0.05) is 6.07 Å². The van der Waals surface area contributed by atoms with E-state index in [4.69, 9.17) is 10.5 Å². The summed E-state index contributed by atoms with van der Waals surface area (Å²) in [4.78, 5) is 15.6. The molecule has 1 heterocycles. The number of carbonyl (C=O) groups excluding carboxylic acids is 1. The molecule has 2 aromatic rings. The van der Waals surface area contributed by atoms with Crippen LogP contribution in [0.3, 0.4) is 0 Å². The molecule has 0 aliphatic rings. The number of nitrogens with zero attached hydrogens (tertiary/aromatic N) is 1. The minimum atomic E-state index is -0.755. The highest BCUT2D eigenvalue weighted by Crippen LogP contribution is 2.19. The van der Waals surface area contributed by atoms with Crippen molar-refractivity contribution < 1.29 is 9.53 Å². The van der Waals surface area contributed by atoms with Crippen molar-refractivity contribution in [1.82, 2.24) is 10.3 Å². The van der Waals surface area contributed by atoms with E-state index >= 15 is 0 Å². The van der Waals surface area contributed by atoms with Gasteiger partial charge >= 0.3 is 0 Å². The van der Waals surface area contributed by atoms with Crippen LogP contribution >= 0.6 is 0 Å². The van der Waals surface area contributed by atoms with Gasteiger partial charge < -0.3 is 15.8 Å². The van der Waals surface area contributed by atoms with Crippen LogP contribution in [0.25, 0.3) is 10.9 Å². The lowest BCUT2D eigenvalue weighted by molar-refractivity contribution is -0.124. The molecule has 1 atom stereocenters. The largest absolute Gasteiger partial charge is 0.493 e. The topological polar surface area (TPSA) is 77.2 Å². The molecule has 106 valence electrons. The Morgan fingerprint density at radius 1 is 1.45 bits per heavy atom. The van der Waals surface area contributed by atoms with Crippen molar-refractivity contribution in [3.63, 3.8) is 0 Å². The molecule has 0 saturated heterocycles. The minimum Gasteiger partial charge on any atom is -0.493 e. The molecule has 1 aromatic heterocycles. The Kier molecular flexibility index (Phi) is 4.20. The number of ether oxygens (including phenoxy) is 1. The Bertz CT molecular complexity index is 615. The first-order chi connectivity index (χ1) is 9.55. The smallest absolute Gasteiger partial charge is 0.237 e. The van der Waals surface area contributed by atoms with Crippen molar-refractivity contribution in [3.8, 4) is 5.75 Å². The quantitative estimate of drug-likeness (QED) is 0.835. The third kappa shape index (κ3) is 3.05. The van der Waals surface area contributed by atoms with Crippen molar-refractivity contribution in [2.45, 2.75) is 18.9 Å². The predicted molar refractivity (Wildman–Crippen MR) is 78.5 cm³/mol. The molecular weight excluding hydrogens is 254 g/mol. The molecule has 5 heteroatoms. The Morgan fingerprint density at radius 3 is 2.95 bits per heavy atom. The first kappa shape index (κ1) is 14.3. The van der Waals surface area contributed by atoms with Gasteiger partial charge in [0, 0.05) is 24.1 Å². The molecule has 0 spiro atoms. The van der Waals surface area contributed by atoms with Crippen LogP contribution in [0, 0.1) is 0 Å². The Labute approximate surface area is 118 Å². The van der Waals surface area contributed by atoms with E-state index in [1.165, 1.54) is 0 Å². The van der Waals surface area contributed by atoms with Gasteiger partial charge in [-0.3, -0.25) is 9.78 Å². The standard InChI is InChI=1S/C15H19N3O2/c1-15(17-2,14(16)19)7-9-20-12-6-5-11-4-3-8-18-13(11)10-12/h3-6,8,10,17H,7,9H2,1-2H3,(H2,16,19). The van der Waals surface area contributed by atoms with E-state index in [0.29, 0.717) is 13.0 Å². The first-order valence-corrected chi connectivity index (χ1v) is 6.51. The molecule has 1 aromatic carbocycles. The third-order valence-electron chi connectivity index (χ3n) is 3.54. The summed E-state index contributed by atoms with van der Waals surface area (Å²) < 4.78 is 5.67. The number of pyridine rings is 1. The van der Waals surface area contributed by atoms with E-state index in [2.05, 4.69) is 10.3 Å². The predicted octanol–water partition coefficient (Wildman–Crippen LogP) is 1.47. The molecule has 0 fully saturated rings. The van der Waals surface area contributed by atoms with Crippen LogP contribution in [-0.4, -0.2) is 30.1 Å². The summed E-state index contributed by atoms with van der Waals surface area (Å²) in [6, 6.07) is 9.63. The number of aromatic nitrogens is 1. The van der Waals surface area contributed by atoms with Gasteiger partial charge in [-0.2, -0.15) is 0 Å². The number of hydrogen-bond donors (Lipinski definition) is 2. The van der Waals surface area contributed by atoms with Gasteiger partial charge in [-0.15, -0.1) is 0 Å². The molecule has 0 aliphatic heterocycles. The number of primary amides is 1. The number of nitrogens with one attached hydrogen (secondary N) is 1. The molecule has 0 radical (unpaired) electrons. The monoisotopic (exact) mass is 273 g/mol. The van der Waals surface area contributed by atoms with Crippen LogP contribution in [0.1, 0.15) is 13.3 Å². The maximum absolute atomic E-state index is 11.4. The van der Waals surface area contributed by atoms with Crippen LogP contribution in [0.15, 0.2) is 36.5 Å². The van der Waals surface area contributed by atoms with Gasteiger partial charge in [0.2, 0.25) is 5.91 Å². The second kappa shape index (κ2) is 5.88. The normalized spacial score (nSPS) is 13.9. The summed E-state index contributed by atoms with van der Waals surface area (Å²) in [6.07, 6.45) is 2.25. The van der Waals surface area contributed by atoms with Crippen molar-refractivity contribution >= 4 is 16.8 Å². The van der Waals surface area contributed by atoms with Gasteiger partial charge in [0.15, 0.2) is 0 Å². The molecule has 0 aliphatic carbocycles. The molecule has 0 saturated carbocycles. The van der Waals surface area contributed by atoms with Crippen LogP contribution < -0.4 is 15.8 Å². The lowest BCUT2D eigenvalue weighted by Crippen LogP contribution is -2.52. The Hall–Kier alpha value is -2.14. The Morgan fingerprint density at radius 2 is 2.25 bits per heavy atom. The number of fused-ring (bicyclic) bond motifs is 1. The van der Waals surface area contributed by atoms with Crippen molar-refractivity contribution in [2.75, 3.05) is 13.7 Å². The third-order valence-corrected chi connectivity index (χ3v) is 3.54. The van der Waals surface area contributed by atoms with Gasteiger partial charge in [-0.05, 0) is 32.2 Å². The number of benzene rings is 1. The van der Waals surface area contributed by atoms with E-state index in [1.807, 2.05) is 30.3 Å². The highest BCUT2D eigenvalue weighted by Gasteiger charge is 2.28. The lowest BCUT2D eigenvalue weighted by Gasteiger charge is -2.25. The molecule has 1 unspecified atom stereocenters. The number of carbonyl (C=O) groups is 1. The molecule has 3 N–H and O–H groups in total. The van der Waals surface area contributed by atoms with Crippen LogP contribution in [0.5, 0.6) is 5.75 Å². The number of hydrogen-bond acceptors (Lipinski definition) is 4. The van der Waals surface area contributed by atoms with Gasteiger partial charge in [0.05, 0.1) is 17.7 Å². The lowest BCUT2D eigenvalue weighted by atomic mass is 9.98. The van der Waals surface area contributed by atoms with Crippen LogP contribution in [0.4, 0.5) is 0 Å². The van der Waals surface area contributed by atoms with Crippen molar-refractivity contribution in [1.29, 1.82) is 0 Å². The van der Waals surface area contributed by atoms with E-state index in [9.17, 15) is 4.79 Å². The summed E-state index contributed by atoms with van der Waals surface area (Å²) in [5.41, 5.74) is 5.50. The van der Waals surface area contributed by atoms with E-state index in [1.54, 1.807) is 20.2 Å². The maximum Gasteiger partial charge on any atom is 0.237 e. The molecular formula is C15H19N3O2. The molecule has 5 nitrogen and oxygen atoms in total. The highest BCUT2D eigenvalue weighted by molar-refractivity contribution is 5.84. The van der Waals surface area contributed by atoms with Crippen LogP contribution in [-0.2, 0) is 4.79 Å². The van der Waals surface area contributed by atoms with Crippen LogP contribution in [0.2, 0.25) is 0 Å². The highest BCUT2D eigenvalue weighted by atomic mass is 16.5. The fourth-order valence-electron chi connectivity index (χ4n) is 1.88. The van der Waals surface area contributed by atoms with Crippen molar-refractivity contribution in [2.24, 2.45) is 5.73 Å².